The van der Waals surface area contributed by atoms with Gasteiger partial charge in [0.15, 0.2) is 16.6 Å². The minimum absolute atomic E-state index is 0.696. The summed E-state index contributed by atoms with van der Waals surface area (Å²) in [6.07, 6.45) is 0. The predicted octanol–water partition coefficient (Wildman–Crippen LogP) is 3.14. The monoisotopic (exact) mass is 265 g/mol. The quantitative estimate of drug-likeness (QED) is 0.851. The third kappa shape index (κ3) is 2.26. The number of methoxy groups -OCH3 is 3. The number of nitrogens with zero attached hydrogens (tertiary/aromatic N) is 1. The van der Waals surface area contributed by atoms with Crippen molar-refractivity contribution in [1.29, 1.82) is 0 Å². The Labute approximate surface area is 110 Å². The van der Waals surface area contributed by atoms with Gasteiger partial charge in [0.1, 0.15) is 5.01 Å². The second-order valence-electron chi connectivity index (χ2n) is 3.67. The maximum Gasteiger partial charge on any atom is 0.197 e. The lowest BCUT2D eigenvalue weighted by molar-refractivity contribution is 0.355. The van der Waals surface area contributed by atoms with E-state index in [4.69, 9.17) is 14.2 Å². The zero-order chi connectivity index (χ0) is 13.1. The molecule has 1 heterocycles. The molecule has 0 radical (unpaired) electrons. The number of hydrogen-bond donors (Lipinski definition) is 0. The molecule has 0 bridgehead atoms. The van der Waals surface area contributed by atoms with Gasteiger partial charge in [-0.1, -0.05) is 11.3 Å². The Hall–Kier alpha value is -1.75. The Morgan fingerprint density at radius 3 is 2.28 bits per heavy atom. The highest BCUT2D eigenvalue weighted by Crippen LogP contribution is 2.37. The van der Waals surface area contributed by atoms with Crippen molar-refractivity contribution in [3.8, 4) is 27.1 Å². The van der Waals surface area contributed by atoms with Crippen molar-refractivity contribution in [2.24, 2.45) is 0 Å². The Kier molecular flexibility index (Phi) is 3.72. The van der Waals surface area contributed by atoms with Crippen molar-refractivity contribution in [3.63, 3.8) is 0 Å². The molecule has 0 saturated carbocycles. The van der Waals surface area contributed by atoms with E-state index in [1.54, 1.807) is 21.3 Å². The maximum atomic E-state index is 5.28. The summed E-state index contributed by atoms with van der Waals surface area (Å²) in [5.41, 5.74) is 1.89. The fourth-order valence-corrected chi connectivity index (χ4v) is 2.54. The lowest BCUT2D eigenvalue weighted by Gasteiger charge is -2.08. The molecule has 1 aromatic carbocycles. The van der Waals surface area contributed by atoms with Crippen LogP contribution in [0.4, 0.5) is 0 Å². The van der Waals surface area contributed by atoms with Crippen LogP contribution in [0.15, 0.2) is 18.2 Å². The van der Waals surface area contributed by atoms with Gasteiger partial charge in [-0.05, 0) is 25.1 Å². The zero-order valence-electron chi connectivity index (χ0n) is 10.8. The summed E-state index contributed by atoms with van der Waals surface area (Å²) < 4.78 is 15.7. The highest BCUT2D eigenvalue weighted by Gasteiger charge is 2.12. The molecular weight excluding hydrogens is 250 g/mol. The first-order valence-corrected chi connectivity index (χ1v) is 6.25. The van der Waals surface area contributed by atoms with Crippen molar-refractivity contribution < 1.29 is 14.2 Å². The second kappa shape index (κ2) is 5.27. The summed E-state index contributed by atoms with van der Waals surface area (Å²) in [6, 6.07) is 5.74. The van der Waals surface area contributed by atoms with Crippen LogP contribution in [0.3, 0.4) is 0 Å². The predicted molar refractivity (Wildman–Crippen MR) is 71.9 cm³/mol. The Balaban J connectivity index is 2.44. The van der Waals surface area contributed by atoms with Gasteiger partial charge in [0, 0.05) is 5.56 Å². The van der Waals surface area contributed by atoms with Crippen LogP contribution in [0.2, 0.25) is 0 Å². The number of aromatic nitrogens is 1. The van der Waals surface area contributed by atoms with Gasteiger partial charge in [0.2, 0.25) is 0 Å². The molecule has 0 amide bonds. The van der Waals surface area contributed by atoms with Crippen molar-refractivity contribution >= 4 is 11.3 Å². The molecule has 0 N–H and O–H groups in total. The molecule has 0 aliphatic rings. The van der Waals surface area contributed by atoms with Gasteiger partial charge >= 0.3 is 0 Å². The first-order valence-electron chi connectivity index (χ1n) is 5.43. The van der Waals surface area contributed by atoms with Crippen molar-refractivity contribution in [2.45, 2.75) is 6.92 Å². The van der Waals surface area contributed by atoms with Crippen LogP contribution in [-0.4, -0.2) is 26.3 Å². The molecule has 4 nitrogen and oxygen atoms in total. The normalized spacial score (nSPS) is 10.2. The van der Waals surface area contributed by atoms with E-state index < -0.39 is 0 Å². The lowest BCUT2D eigenvalue weighted by atomic mass is 10.2. The van der Waals surface area contributed by atoms with Gasteiger partial charge in [-0.2, -0.15) is 0 Å². The van der Waals surface area contributed by atoms with E-state index in [1.807, 2.05) is 25.1 Å². The van der Waals surface area contributed by atoms with Crippen LogP contribution in [0.5, 0.6) is 16.6 Å². The molecule has 18 heavy (non-hydrogen) atoms. The summed E-state index contributed by atoms with van der Waals surface area (Å²) in [6.45, 7) is 1.93. The molecule has 0 aliphatic carbocycles. The molecule has 0 spiro atoms. The summed E-state index contributed by atoms with van der Waals surface area (Å²) in [4.78, 5) is 4.48. The number of benzene rings is 1. The van der Waals surface area contributed by atoms with Crippen LogP contribution in [-0.2, 0) is 0 Å². The summed E-state index contributed by atoms with van der Waals surface area (Å²) in [5, 5.41) is 1.74. The van der Waals surface area contributed by atoms with E-state index in [0.29, 0.717) is 11.5 Å². The highest BCUT2D eigenvalue weighted by atomic mass is 32.1. The van der Waals surface area contributed by atoms with Crippen LogP contribution in [0, 0.1) is 6.92 Å². The summed E-state index contributed by atoms with van der Waals surface area (Å²) in [7, 11) is 4.89. The van der Waals surface area contributed by atoms with E-state index in [9.17, 15) is 0 Å². The Bertz CT molecular complexity index is 551. The highest BCUT2D eigenvalue weighted by molar-refractivity contribution is 7.17. The molecule has 96 valence electrons. The number of thiazole rings is 1. The van der Waals surface area contributed by atoms with E-state index >= 15 is 0 Å². The molecule has 0 aliphatic heterocycles. The molecular formula is C13H15NO3S. The fraction of sp³-hybridized carbons (Fsp3) is 0.308. The number of aryl methyl sites for hydroxylation is 1. The molecule has 0 fully saturated rings. The number of ether oxygens (including phenoxy) is 3. The average Bonchev–Trinajstić information content (AvgIpc) is 2.79. The zero-order valence-corrected chi connectivity index (χ0v) is 11.6. The minimum atomic E-state index is 0.696. The summed E-state index contributed by atoms with van der Waals surface area (Å²) >= 11 is 1.52. The van der Waals surface area contributed by atoms with E-state index in [1.165, 1.54) is 11.3 Å². The molecule has 2 rings (SSSR count). The minimum Gasteiger partial charge on any atom is -0.493 e. The van der Waals surface area contributed by atoms with Gasteiger partial charge < -0.3 is 14.2 Å². The van der Waals surface area contributed by atoms with Gasteiger partial charge in [0.05, 0.1) is 27.0 Å². The van der Waals surface area contributed by atoms with Gasteiger partial charge in [-0.3, -0.25) is 0 Å². The molecule has 1 aromatic heterocycles. The molecule has 0 unspecified atom stereocenters. The molecule has 0 saturated heterocycles. The third-order valence-corrected chi connectivity index (χ3v) is 3.74. The standard InChI is InChI=1S/C13H15NO3S/c1-8-13(17-4)18-12(14-8)9-5-6-10(15-2)11(7-9)16-3/h5-7H,1-4H3. The van der Waals surface area contributed by atoms with Gasteiger partial charge in [0.25, 0.3) is 0 Å². The van der Waals surface area contributed by atoms with E-state index in [2.05, 4.69) is 4.98 Å². The summed E-state index contributed by atoms with van der Waals surface area (Å²) in [5.74, 6) is 1.41. The Morgan fingerprint density at radius 1 is 1.00 bits per heavy atom. The van der Waals surface area contributed by atoms with Crippen LogP contribution >= 0.6 is 11.3 Å². The van der Waals surface area contributed by atoms with Crippen molar-refractivity contribution in [3.05, 3.63) is 23.9 Å². The van der Waals surface area contributed by atoms with Crippen molar-refractivity contribution in [2.75, 3.05) is 21.3 Å². The average molecular weight is 265 g/mol. The third-order valence-electron chi connectivity index (χ3n) is 2.57. The SMILES string of the molecule is COc1ccc(-c2nc(C)c(OC)s2)cc1OC. The van der Waals surface area contributed by atoms with E-state index in [0.717, 1.165) is 21.3 Å². The number of rotatable bonds is 4. The molecule has 5 heteroatoms. The first kappa shape index (κ1) is 12.7. The second-order valence-corrected chi connectivity index (χ2v) is 4.63. The first-order chi connectivity index (χ1) is 8.69. The topological polar surface area (TPSA) is 40.6 Å². The molecule has 2 aromatic rings. The fourth-order valence-electron chi connectivity index (χ4n) is 1.66. The van der Waals surface area contributed by atoms with Crippen molar-refractivity contribution in [1.82, 2.24) is 4.98 Å². The van der Waals surface area contributed by atoms with Crippen LogP contribution in [0.25, 0.3) is 10.6 Å². The van der Waals surface area contributed by atoms with E-state index in [-0.39, 0.29) is 0 Å². The van der Waals surface area contributed by atoms with Gasteiger partial charge in [-0.25, -0.2) is 4.98 Å². The van der Waals surface area contributed by atoms with Crippen LogP contribution < -0.4 is 14.2 Å². The Morgan fingerprint density at radius 2 is 1.72 bits per heavy atom. The smallest absolute Gasteiger partial charge is 0.197 e. The largest absolute Gasteiger partial charge is 0.493 e. The van der Waals surface area contributed by atoms with Crippen LogP contribution in [0.1, 0.15) is 5.69 Å². The number of hydrogen-bond acceptors (Lipinski definition) is 5. The maximum absolute atomic E-state index is 5.28. The molecule has 0 atom stereocenters. The lowest BCUT2D eigenvalue weighted by Crippen LogP contribution is -1.90. The van der Waals surface area contributed by atoms with Gasteiger partial charge in [-0.15, -0.1) is 0 Å².